The zero-order chi connectivity index (χ0) is 16.1. The first-order valence-electron chi connectivity index (χ1n) is 8.27. The van der Waals surface area contributed by atoms with Gasteiger partial charge in [0.2, 0.25) is 5.95 Å². The van der Waals surface area contributed by atoms with Crippen LogP contribution in [0.25, 0.3) is 0 Å². The Hall–Kier alpha value is -2.37. The third-order valence-electron chi connectivity index (χ3n) is 4.21. The van der Waals surface area contributed by atoms with E-state index in [0.717, 1.165) is 44.2 Å². The molecule has 6 heteroatoms. The lowest BCUT2D eigenvalue weighted by Crippen LogP contribution is -2.47. The number of anilines is 3. The van der Waals surface area contributed by atoms with E-state index in [4.69, 9.17) is 0 Å². The van der Waals surface area contributed by atoms with E-state index in [-0.39, 0.29) is 0 Å². The van der Waals surface area contributed by atoms with E-state index in [9.17, 15) is 0 Å². The summed E-state index contributed by atoms with van der Waals surface area (Å²) >= 11 is 0. The maximum Gasteiger partial charge on any atom is 0.224 e. The number of piperazine rings is 1. The first kappa shape index (κ1) is 15.5. The molecule has 0 bridgehead atoms. The molecule has 1 saturated heterocycles. The summed E-state index contributed by atoms with van der Waals surface area (Å²) in [6.07, 6.45) is 4.73. The van der Waals surface area contributed by atoms with Gasteiger partial charge in [0, 0.05) is 44.6 Å². The Kier molecular flexibility index (Phi) is 4.90. The quantitative estimate of drug-likeness (QED) is 0.915. The molecule has 1 unspecified atom stereocenters. The standard InChI is InChI=1S/C17H24N6/c1-3-14(2)20-17-19-9-7-16(21-17)23-12-10-22(11-13-23)15-6-4-5-8-18-15/h4-9,14H,3,10-13H2,1-2H3,(H,19,20,21). The molecule has 1 aliphatic rings. The molecule has 0 spiro atoms. The molecule has 122 valence electrons. The number of pyridine rings is 1. The summed E-state index contributed by atoms with van der Waals surface area (Å²) in [4.78, 5) is 18.0. The van der Waals surface area contributed by atoms with Crippen molar-refractivity contribution < 1.29 is 0 Å². The summed E-state index contributed by atoms with van der Waals surface area (Å²) in [6.45, 7) is 8.08. The van der Waals surface area contributed by atoms with E-state index in [2.05, 4.69) is 50.0 Å². The van der Waals surface area contributed by atoms with Gasteiger partial charge in [-0.2, -0.15) is 4.98 Å². The summed E-state index contributed by atoms with van der Waals surface area (Å²) in [6, 6.07) is 8.41. The van der Waals surface area contributed by atoms with Crippen molar-refractivity contribution in [1.29, 1.82) is 0 Å². The van der Waals surface area contributed by atoms with Crippen molar-refractivity contribution in [3.8, 4) is 0 Å². The van der Waals surface area contributed by atoms with Gasteiger partial charge in [-0.05, 0) is 31.5 Å². The average molecular weight is 312 g/mol. The molecule has 1 aliphatic heterocycles. The second-order valence-electron chi connectivity index (χ2n) is 5.85. The van der Waals surface area contributed by atoms with E-state index < -0.39 is 0 Å². The summed E-state index contributed by atoms with van der Waals surface area (Å²) in [7, 11) is 0. The molecular formula is C17H24N6. The van der Waals surface area contributed by atoms with Gasteiger partial charge in [-0.15, -0.1) is 0 Å². The number of hydrogen-bond donors (Lipinski definition) is 1. The van der Waals surface area contributed by atoms with Crippen molar-refractivity contribution in [3.05, 3.63) is 36.7 Å². The smallest absolute Gasteiger partial charge is 0.224 e. The van der Waals surface area contributed by atoms with Gasteiger partial charge in [-0.25, -0.2) is 9.97 Å². The third kappa shape index (κ3) is 3.88. The molecule has 1 atom stereocenters. The van der Waals surface area contributed by atoms with E-state index in [1.807, 2.05) is 30.6 Å². The zero-order valence-electron chi connectivity index (χ0n) is 13.8. The molecule has 3 heterocycles. The number of aromatic nitrogens is 3. The van der Waals surface area contributed by atoms with Crippen LogP contribution in [0.1, 0.15) is 20.3 Å². The Morgan fingerprint density at radius 2 is 1.74 bits per heavy atom. The minimum atomic E-state index is 0.381. The first-order valence-corrected chi connectivity index (χ1v) is 8.27. The molecule has 0 aliphatic carbocycles. The second kappa shape index (κ2) is 7.26. The predicted molar refractivity (Wildman–Crippen MR) is 94.1 cm³/mol. The van der Waals surface area contributed by atoms with Crippen LogP contribution >= 0.6 is 0 Å². The van der Waals surface area contributed by atoms with Crippen LogP contribution in [0.15, 0.2) is 36.7 Å². The summed E-state index contributed by atoms with van der Waals surface area (Å²) < 4.78 is 0. The molecule has 2 aromatic heterocycles. The monoisotopic (exact) mass is 312 g/mol. The lowest BCUT2D eigenvalue weighted by Gasteiger charge is -2.36. The highest BCUT2D eigenvalue weighted by Crippen LogP contribution is 2.18. The van der Waals surface area contributed by atoms with Gasteiger partial charge >= 0.3 is 0 Å². The Balaban J connectivity index is 1.62. The van der Waals surface area contributed by atoms with Crippen molar-refractivity contribution in [2.45, 2.75) is 26.3 Å². The molecule has 6 nitrogen and oxygen atoms in total. The predicted octanol–water partition coefficient (Wildman–Crippen LogP) is 2.41. The number of rotatable bonds is 5. The van der Waals surface area contributed by atoms with E-state index >= 15 is 0 Å². The molecular weight excluding hydrogens is 288 g/mol. The molecule has 0 aromatic carbocycles. The van der Waals surface area contributed by atoms with Crippen LogP contribution in [0.2, 0.25) is 0 Å². The van der Waals surface area contributed by atoms with Crippen molar-refractivity contribution >= 4 is 17.6 Å². The minimum absolute atomic E-state index is 0.381. The lowest BCUT2D eigenvalue weighted by atomic mass is 10.3. The van der Waals surface area contributed by atoms with Crippen LogP contribution < -0.4 is 15.1 Å². The largest absolute Gasteiger partial charge is 0.353 e. The molecule has 0 amide bonds. The van der Waals surface area contributed by atoms with Gasteiger partial charge < -0.3 is 15.1 Å². The molecule has 3 rings (SSSR count). The number of hydrogen-bond acceptors (Lipinski definition) is 6. The normalized spacial score (nSPS) is 16.3. The lowest BCUT2D eigenvalue weighted by molar-refractivity contribution is 0.640. The summed E-state index contributed by atoms with van der Waals surface area (Å²) in [5.74, 6) is 2.75. The van der Waals surface area contributed by atoms with Gasteiger partial charge in [0.1, 0.15) is 11.6 Å². The highest BCUT2D eigenvalue weighted by atomic mass is 15.3. The van der Waals surface area contributed by atoms with Crippen molar-refractivity contribution in [3.63, 3.8) is 0 Å². The Morgan fingerprint density at radius 3 is 2.39 bits per heavy atom. The minimum Gasteiger partial charge on any atom is -0.353 e. The van der Waals surface area contributed by atoms with E-state index in [0.29, 0.717) is 12.0 Å². The Labute approximate surface area is 137 Å². The maximum atomic E-state index is 4.65. The summed E-state index contributed by atoms with van der Waals surface area (Å²) in [5, 5.41) is 3.34. The van der Waals surface area contributed by atoms with E-state index in [1.165, 1.54) is 0 Å². The van der Waals surface area contributed by atoms with Crippen LogP contribution in [0, 0.1) is 0 Å². The maximum absolute atomic E-state index is 4.65. The fraction of sp³-hybridized carbons (Fsp3) is 0.471. The van der Waals surface area contributed by atoms with Crippen LogP contribution in [0.5, 0.6) is 0 Å². The highest BCUT2D eigenvalue weighted by Gasteiger charge is 2.19. The zero-order valence-corrected chi connectivity index (χ0v) is 13.8. The van der Waals surface area contributed by atoms with Gasteiger partial charge in [-0.3, -0.25) is 0 Å². The first-order chi connectivity index (χ1) is 11.3. The molecule has 1 fully saturated rings. The molecule has 23 heavy (non-hydrogen) atoms. The molecule has 0 saturated carbocycles. The van der Waals surface area contributed by atoms with Crippen molar-refractivity contribution in [2.24, 2.45) is 0 Å². The molecule has 1 N–H and O–H groups in total. The van der Waals surface area contributed by atoms with Gasteiger partial charge in [0.05, 0.1) is 0 Å². The number of nitrogens with zero attached hydrogens (tertiary/aromatic N) is 5. The van der Waals surface area contributed by atoms with Crippen LogP contribution in [-0.4, -0.2) is 47.2 Å². The number of nitrogens with one attached hydrogen (secondary N) is 1. The SMILES string of the molecule is CCC(C)Nc1nccc(N2CCN(c3ccccn3)CC2)n1. The van der Waals surface area contributed by atoms with Crippen LogP contribution in [0.4, 0.5) is 17.6 Å². The Bertz CT molecular complexity index is 609. The van der Waals surface area contributed by atoms with Crippen molar-refractivity contribution in [1.82, 2.24) is 15.0 Å². The van der Waals surface area contributed by atoms with Gasteiger partial charge in [0.25, 0.3) is 0 Å². The van der Waals surface area contributed by atoms with Gasteiger partial charge in [-0.1, -0.05) is 13.0 Å². The Morgan fingerprint density at radius 1 is 1.00 bits per heavy atom. The van der Waals surface area contributed by atoms with Crippen molar-refractivity contribution in [2.75, 3.05) is 41.3 Å². The third-order valence-corrected chi connectivity index (χ3v) is 4.21. The topological polar surface area (TPSA) is 57.2 Å². The van der Waals surface area contributed by atoms with Crippen LogP contribution in [-0.2, 0) is 0 Å². The fourth-order valence-corrected chi connectivity index (χ4v) is 2.62. The molecule has 0 radical (unpaired) electrons. The fourth-order valence-electron chi connectivity index (χ4n) is 2.62. The van der Waals surface area contributed by atoms with E-state index in [1.54, 1.807) is 0 Å². The summed E-state index contributed by atoms with van der Waals surface area (Å²) in [5.41, 5.74) is 0. The van der Waals surface area contributed by atoms with Crippen LogP contribution in [0.3, 0.4) is 0 Å². The van der Waals surface area contributed by atoms with Gasteiger partial charge in [0.15, 0.2) is 0 Å². The second-order valence-corrected chi connectivity index (χ2v) is 5.85. The highest BCUT2D eigenvalue weighted by molar-refractivity contribution is 5.46. The average Bonchev–Trinajstić information content (AvgIpc) is 2.63. The molecule has 2 aromatic rings.